The van der Waals surface area contributed by atoms with Crippen LogP contribution in [-0.2, 0) is 9.53 Å². The molecule has 1 aromatic rings. The molecule has 0 aromatic heterocycles. The van der Waals surface area contributed by atoms with Crippen molar-refractivity contribution in [2.24, 2.45) is 0 Å². The monoisotopic (exact) mass is 264 g/mol. The van der Waals surface area contributed by atoms with Crippen LogP contribution in [0.25, 0.3) is 0 Å². The fourth-order valence-electron chi connectivity index (χ4n) is 2.41. The first-order valence-electron chi connectivity index (χ1n) is 6.69. The molecule has 1 fully saturated rings. The van der Waals surface area contributed by atoms with Crippen LogP contribution < -0.4 is 4.74 Å². The Balaban J connectivity index is 2.15. The Morgan fingerprint density at radius 2 is 2.05 bits per heavy atom. The lowest BCUT2D eigenvalue weighted by Gasteiger charge is -2.19. The van der Waals surface area contributed by atoms with Crippen molar-refractivity contribution in [3.05, 3.63) is 29.8 Å². The average molecular weight is 264 g/mol. The number of benzene rings is 1. The molecule has 1 aliphatic heterocycles. The molecule has 0 saturated carbocycles. The quantitative estimate of drug-likeness (QED) is 0.888. The molecule has 104 valence electrons. The molecule has 0 aliphatic carbocycles. The van der Waals surface area contributed by atoms with Crippen molar-refractivity contribution in [1.82, 2.24) is 0 Å². The van der Waals surface area contributed by atoms with Crippen LogP contribution in [0.15, 0.2) is 24.3 Å². The summed E-state index contributed by atoms with van der Waals surface area (Å²) >= 11 is 0. The highest BCUT2D eigenvalue weighted by Crippen LogP contribution is 2.30. The number of rotatable bonds is 5. The number of carbonyl (C=O) groups is 1. The smallest absolute Gasteiger partial charge is 0.313 e. The molecule has 2 atom stereocenters. The zero-order chi connectivity index (χ0) is 13.8. The summed E-state index contributed by atoms with van der Waals surface area (Å²) in [6.45, 7) is 4.57. The third-order valence-electron chi connectivity index (χ3n) is 3.21. The summed E-state index contributed by atoms with van der Waals surface area (Å²) in [4.78, 5) is 11.4. The Bertz CT molecular complexity index is 418. The number of hydrogen-bond acceptors (Lipinski definition) is 3. The van der Waals surface area contributed by atoms with E-state index in [4.69, 9.17) is 9.47 Å². The third-order valence-corrected chi connectivity index (χ3v) is 3.21. The van der Waals surface area contributed by atoms with E-state index in [-0.39, 0.29) is 12.2 Å². The van der Waals surface area contributed by atoms with Crippen LogP contribution in [0.3, 0.4) is 0 Å². The second kappa shape index (κ2) is 6.06. The van der Waals surface area contributed by atoms with Crippen LogP contribution in [0, 0.1) is 0 Å². The average Bonchev–Trinajstić information content (AvgIpc) is 2.84. The minimum atomic E-state index is -0.829. The van der Waals surface area contributed by atoms with E-state index >= 15 is 0 Å². The molecule has 0 amide bonds. The van der Waals surface area contributed by atoms with E-state index < -0.39 is 11.9 Å². The Hall–Kier alpha value is -1.55. The van der Waals surface area contributed by atoms with Gasteiger partial charge >= 0.3 is 5.97 Å². The lowest BCUT2D eigenvalue weighted by atomic mass is 9.92. The SMILES string of the molecule is CC(C)Oc1ccc(C(C(=O)O)C2CCCO2)cc1. The van der Waals surface area contributed by atoms with Gasteiger partial charge in [-0.15, -0.1) is 0 Å². The molecule has 1 aromatic carbocycles. The second-order valence-electron chi connectivity index (χ2n) is 5.10. The molecule has 1 heterocycles. The van der Waals surface area contributed by atoms with Crippen LogP contribution in [-0.4, -0.2) is 29.9 Å². The summed E-state index contributed by atoms with van der Waals surface area (Å²) in [6.07, 6.45) is 1.64. The Labute approximate surface area is 113 Å². The van der Waals surface area contributed by atoms with Gasteiger partial charge < -0.3 is 14.6 Å². The molecule has 2 unspecified atom stereocenters. The first-order chi connectivity index (χ1) is 9.08. The van der Waals surface area contributed by atoms with Gasteiger partial charge in [-0.05, 0) is 44.4 Å². The van der Waals surface area contributed by atoms with Crippen molar-refractivity contribution in [2.75, 3.05) is 6.61 Å². The van der Waals surface area contributed by atoms with E-state index in [9.17, 15) is 9.90 Å². The Morgan fingerprint density at radius 1 is 1.37 bits per heavy atom. The first-order valence-corrected chi connectivity index (χ1v) is 6.69. The summed E-state index contributed by atoms with van der Waals surface area (Å²) in [5.74, 6) is -0.657. The van der Waals surface area contributed by atoms with Gasteiger partial charge in [0.2, 0.25) is 0 Å². The number of ether oxygens (including phenoxy) is 2. The van der Waals surface area contributed by atoms with Crippen LogP contribution in [0.1, 0.15) is 38.2 Å². The van der Waals surface area contributed by atoms with Gasteiger partial charge in [-0.2, -0.15) is 0 Å². The molecule has 4 nitrogen and oxygen atoms in total. The van der Waals surface area contributed by atoms with Crippen LogP contribution in [0.4, 0.5) is 0 Å². The van der Waals surface area contributed by atoms with Gasteiger partial charge in [-0.25, -0.2) is 0 Å². The van der Waals surface area contributed by atoms with Crippen molar-refractivity contribution in [3.8, 4) is 5.75 Å². The number of carboxylic acids is 1. The van der Waals surface area contributed by atoms with Gasteiger partial charge in [0.25, 0.3) is 0 Å². The topological polar surface area (TPSA) is 55.8 Å². The molecular weight excluding hydrogens is 244 g/mol. The van der Waals surface area contributed by atoms with Gasteiger partial charge in [-0.1, -0.05) is 12.1 Å². The minimum Gasteiger partial charge on any atom is -0.491 e. The highest BCUT2D eigenvalue weighted by Gasteiger charge is 2.32. The van der Waals surface area contributed by atoms with Gasteiger partial charge in [-0.3, -0.25) is 4.79 Å². The van der Waals surface area contributed by atoms with Crippen molar-refractivity contribution in [2.45, 2.75) is 44.8 Å². The first kappa shape index (κ1) is 13.9. The van der Waals surface area contributed by atoms with Crippen molar-refractivity contribution in [1.29, 1.82) is 0 Å². The van der Waals surface area contributed by atoms with Crippen LogP contribution in [0.5, 0.6) is 5.75 Å². The standard InChI is InChI=1S/C15H20O4/c1-10(2)19-12-7-5-11(6-8-12)14(15(16)17)13-4-3-9-18-13/h5-8,10,13-14H,3-4,9H2,1-2H3,(H,16,17). The largest absolute Gasteiger partial charge is 0.491 e. The Morgan fingerprint density at radius 3 is 2.53 bits per heavy atom. The van der Waals surface area contributed by atoms with Gasteiger partial charge in [0, 0.05) is 6.61 Å². The lowest BCUT2D eigenvalue weighted by molar-refractivity contribution is -0.141. The maximum absolute atomic E-state index is 11.4. The number of carboxylic acid groups (broad SMARTS) is 1. The zero-order valence-electron chi connectivity index (χ0n) is 11.3. The van der Waals surface area contributed by atoms with Gasteiger partial charge in [0.15, 0.2) is 0 Å². The highest BCUT2D eigenvalue weighted by atomic mass is 16.5. The summed E-state index contributed by atoms with van der Waals surface area (Å²) in [6, 6.07) is 7.27. The van der Waals surface area contributed by atoms with E-state index in [1.807, 2.05) is 38.1 Å². The maximum atomic E-state index is 11.4. The van der Waals surface area contributed by atoms with E-state index in [1.54, 1.807) is 0 Å². The minimum absolute atomic E-state index is 0.110. The van der Waals surface area contributed by atoms with E-state index in [1.165, 1.54) is 0 Å². The van der Waals surface area contributed by atoms with Crippen LogP contribution >= 0.6 is 0 Å². The van der Waals surface area contributed by atoms with Crippen LogP contribution in [0.2, 0.25) is 0 Å². The predicted octanol–water partition coefficient (Wildman–Crippen LogP) is 2.82. The molecule has 1 aliphatic rings. The second-order valence-corrected chi connectivity index (χ2v) is 5.10. The number of hydrogen-bond donors (Lipinski definition) is 1. The molecule has 1 saturated heterocycles. The van der Waals surface area contributed by atoms with E-state index in [2.05, 4.69) is 0 Å². The summed E-state index contributed by atoms with van der Waals surface area (Å²) in [7, 11) is 0. The van der Waals surface area contributed by atoms with E-state index in [0.29, 0.717) is 6.61 Å². The van der Waals surface area contributed by atoms with Gasteiger partial charge in [0.1, 0.15) is 11.7 Å². The lowest BCUT2D eigenvalue weighted by Crippen LogP contribution is -2.25. The van der Waals surface area contributed by atoms with E-state index in [0.717, 1.165) is 24.2 Å². The molecule has 0 radical (unpaired) electrons. The predicted molar refractivity (Wildman–Crippen MR) is 71.6 cm³/mol. The number of aliphatic carboxylic acids is 1. The molecule has 0 spiro atoms. The summed E-state index contributed by atoms with van der Waals surface area (Å²) < 4.78 is 11.1. The Kier molecular flexibility index (Phi) is 4.43. The zero-order valence-corrected chi connectivity index (χ0v) is 11.3. The molecule has 19 heavy (non-hydrogen) atoms. The molecule has 2 rings (SSSR count). The normalized spacial score (nSPS) is 20.5. The van der Waals surface area contributed by atoms with Crippen molar-refractivity contribution < 1.29 is 19.4 Å². The fraction of sp³-hybridized carbons (Fsp3) is 0.533. The summed E-state index contributed by atoms with van der Waals surface area (Å²) in [5.41, 5.74) is 0.774. The molecular formula is C15H20O4. The summed E-state index contributed by atoms with van der Waals surface area (Å²) in [5, 5.41) is 9.39. The molecule has 0 bridgehead atoms. The molecule has 4 heteroatoms. The third kappa shape index (κ3) is 3.47. The van der Waals surface area contributed by atoms with Gasteiger partial charge in [0.05, 0.1) is 12.2 Å². The maximum Gasteiger partial charge on any atom is 0.313 e. The highest BCUT2D eigenvalue weighted by molar-refractivity contribution is 5.77. The van der Waals surface area contributed by atoms with Crippen molar-refractivity contribution >= 4 is 5.97 Å². The van der Waals surface area contributed by atoms with Crippen molar-refractivity contribution in [3.63, 3.8) is 0 Å². The fourth-order valence-corrected chi connectivity index (χ4v) is 2.41. The molecule has 1 N–H and O–H groups in total.